The van der Waals surface area contributed by atoms with Crippen LogP contribution in [0.25, 0.3) is 0 Å². The van der Waals surface area contributed by atoms with Crippen LogP contribution in [0.1, 0.15) is 20.3 Å². The minimum atomic E-state index is -2.69. The van der Waals surface area contributed by atoms with Crippen molar-refractivity contribution < 1.29 is 13.5 Å². The smallest absolute Gasteiger partial charge is 0.225 e. The van der Waals surface area contributed by atoms with Gasteiger partial charge in [-0.05, 0) is 25.8 Å². The van der Waals surface area contributed by atoms with Crippen LogP contribution in [0.3, 0.4) is 0 Å². The van der Waals surface area contributed by atoms with Crippen LogP contribution < -0.4 is 0 Å². The highest BCUT2D eigenvalue weighted by atomic mass is 32.2. The van der Waals surface area contributed by atoms with E-state index in [0.717, 1.165) is 5.57 Å². The van der Waals surface area contributed by atoms with Crippen LogP contribution in [-0.2, 0) is 10.9 Å². The molecular formula is C12H19NO3S. The first-order valence-electron chi connectivity index (χ1n) is 5.59. The number of nitrogens with zero attached hydrogens (tertiary/aromatic N) is 1. The molecule has 1 fully saturated rings. The van der Waals surface area contributed by atoms with Crippen LogP contribution >= 0.6 is 0 Å². The van der Waals surface area contributed by atoms with Crippen molar-refractivity contribution in [2.24, 2.45) is 5.92 Å². The monoisotopic (exact) mass is 257 g/mol. The quantitative estimate of drug-likeness (QED) is 0.748. The van der Waals surface area contributed by atoms with Crippen LogP contribution in [0, 0.1) is 5.92 Å². The Balaban J connectivity index is 3.23. The zero-order valence-electron chi connectivity index (χ0n) is 10.2. The Kier molecular flexibility index (Phi) is 4.96. The summed E-state index contributed by atoms with van der Waals surface area (Å²) in [5, 5.41) is 9.31. The Morgan fingerprint density at radius 3 is 2.65 bits per heavy atom. The summed E-state index contributed by atoms with van der Waals surface area (Å²) in [6.45, 7) is 7.24. The number of rotatable bonds is 3. The Bertz CT molecular complexity index is 415. The van der Waals surface area contributed by atoms with Crippen LogP contribution in [0.5, 0.6) is 0 Å². The molecule has 4 nitrogen and oxygen atoms in total. The molecule has 0 aliphatic carbocycles. The summed E-state index contributed by atoms with van der Waals surface area (Å²) in [6, 6.07) is -0.214. The number of aliphatic hydroxyl groups is 1. The molecular weight excluding hydrogens is 238 g/mol. The van der Waals surface area contributed by atoms with Crippen LogP contribution in [0.2, 0.25) is 0 Å². The van der Waals surface area contributed by atoms with Gasteiger partial charge in [-0.1, -0.05) is 24.8 Å². The molecule has 0 aromatic carbocycles. The molecule has 1 rings (SSSR count). The zero-order chi connectivity index (χ0) is 13.0. The molecule has 1 N–H and O–H groups in total. The van der Waals surface area contributed by atoms with E-state index < -0.39 is 10.9 Å². The first-order valence-corrected chi connectivity index (χ1v) is 6.72. The highest BCUT2D eigenvalue weighted by Gasteiger charge is 2.33. The first-order chi connectivity index (χ1) is 8.06. The van der Waals surface area contributed by atoms with E-state index in [4.69, 9.17) is 0 Å². The fourth-order valence-corrected chi connectivity index (χ4v) is 3.10. The van der Waals surface area contributed by atoms with Gasteiger partial charge in [0, 0.05) is 18.6 Å². The van der Waals surface area contributed by atoms with Gasteiger partial charge in [-0.2, -0.15) is 0 Å². The lowest BCUT2D eigenvalue weighted by Gasteiger charge is -2.39. The molecule has 0 aromatic heterocycles. The second-order valence-electron chi connectivity index (χ2n) is 4.07. The maximum atomic E-state index is 11.3. The van der Waals surface area contributed by atoms with Gasteiger partial charge in [0.15, 0.2) is 0 Å². The van der Waals surface area contributed by atoms with E-state index in [1.54, 1.807) is 18.2 Å². The third-order valence-electron chi connectivity index (χ3n) is 3.13. The molecule has 1 aliphatic rings. The zero-order valence-corrected chi connectivity index (χ0v) is 11.1. The first kappa shape index (κ1) is 14.0. The molecule has 1 saturated heterocycles. The van der Waals surface area contributed by atoms with Crippen LogP contribution in [0.15, 0.2) is 36.1 Å². The molecule has 0 aromatic rings. The van der Waals surface area contributed by atoms with E-state index in [1.807, 2.05) is 13.8 Å². The van der Waals surface area contributed by atoms with Crippen LogP contribution in [-0.4, -0.2) is 30.5 Å². The number of piperidine rings is 1. The van der Waals surface area contributed by atoms with Crippen molar-refractivity contribution in [2.45, 2.75) is 26.3 Å². The van der Waals surface area contributed by atoms with Crippen molar-refractivity contribution in [3.63, 3.8) is 0 Å². The summed E-state index contributed by atoms with van der Waals surface area (Å²) in [6.07, 6.45) is 5.89. The highest BCUT2D eigenvalue weighted by Crippen LogP contribution is 2.34. The summed E-state index contributed by atoms with van der Waals surface area (Å²) in [5.74, 6) is -0.0715. The number of allylic oxidation sites excluding steroid dienone is 4. The summed E-state index contributed by atoms with van der Waals surface area (Å²) in [4.78, 5) is 0. The van der Waals surface area contributed by atoms with Crippen molar-refractivity contribution in [1.29, 1.82) is 0 Å². The largest absolute Gasteiger partial charge is 0.396 e. The molecule has 0 spiro atoms. The Morgan fingerprint density at radius 2 is 2.24 bits per heavy atom. The Hall–Kier alpha value is -1.07. The number of hydrogen-bond acceptors (Lipinski definition) is 3. The molecule has 2 atom stereocenters. The molecule has 5 heteroatoms. The molecule has 96 valence electrons. The molecule has 1 heterocycles. The number of thiol groups is 1. The highest BCUT2D eigenvalue weighted by molar-refractivity contribution is 7.70. The van der Waals surface area contributed by atoms with E-state index in [2.05, 4.69) is 6.58 Å². The van der Waals surface area contributed by atoms with Crippen molar-refractivity contribution in [2.75, 3.05) is 6.61 Å². The maximum absolute atomic E-state index is 11.3. The maximum Gasteiger partial charge on any atom is 0.225 e. The van der Waals surface area contributed by atoms with E-state index in [9.17, 15) is 13.5 Å². The number of hydrogen-bond donors (Lipinski definition) is 2. The fourth-order valence-electron chi connectivity index (χ4n) is 2.19. The van der Waals surface area contributed by atoms with Gasteiger partial charge in [0.2, 0.25) is 10.9 Å². The van der Waals surface area contributed by atoms with Gasteiger partial charge < -0.3 is 5.11 Å². The minimum absolute atomic E-state index is 0.0215. The fraction of sp³-hybridized carbons (Fsp3) is 0.500. The third-order valence-corrected chi connectivity index (χ3v) is 4.06. The van der Waals surface area contributed by atoms with Crippen molar-refractivity contribution in [1.82, 2.24) is 4.31 Å². The average Bonchev–Trinajstić information content (AvgIpc) is 2.30. The van der Waals surface area contributed by atoms with E-state index >= 15 is 0 Å². The molecule has 0 amide bonds. The van der Waals surface area contributed by atoms with Gasteiger partial charge in [0.1, 0.15) is 0 Å². The SMILES string of the molecule is C=C/C=C1/C[C@@H](CO)[C@@H](C)N([SH](=O)=O)/C1=C/C. The van der Waals surface area contributed by atoms with Crippen LogP contribution in [0.4, 0.5) is 0 Å². The van der Waals surface area contributed by atoms with Crippen molar-refractivity contribution in [3.8, 4) is 0 Å². The summed E-state index contributed by atoms with van der Waals surface area (Å²) < 4.78 is 24.0. The van der Waals surface area contributed by atoms with Gasteiger partial charge in [-0.25, -0.2) is 8.42 Å². The molecule has 0 saturated carbocycles. The second-order valence-corrected chi connectivity index (χ2v) is 4.98. The summed E-state index contributed by atoms with van der Waals surface area (Å²) >= 11 is 0. The molecule has 17 heavy (non-hydrogen) atoms. The summed E-state index contributed by atoms with van der Waals surface area (Å²) in [5.41, 5.74) is 1.59. The molecule has 1 aliphatic heterocycles. The minimum Gasteiger partial charge on any atom is -0.396 e. The Morgan fingerprint density at radius 1 is 1.59 bits per heavy atom. The summed E-state index contributed by atoms with van der Waals surface area (Å²) in [7, 11) is -2.69. The predicted octanol–water partition coefficient (Wildman–Crippen LogP) is 1.23. The van der Waals surface area contributed by atoms with E-state index in [0.29, 0.717) is 12.1 Å². The Labute approximate surface area is 104 Å². The van der Waals surface area contributed by atoms with Gasteiger partial charge in [-0.15, -0.1) is 0 Å². The lowest BCUT2D eigenvalue weighted by atomic mass is 9.87. The molecule has 0 bridgehead atoms. The lowest BCUT2D eigenvalue weighted by molar-refractivity contribution is 0.158. The average molecular weight is 257 g/mol. The van der Waals surface area contributed by atoms with Crippen molar-refractivity contribution >= 4 is 10.9 Å². The predicted molar refractivity (Wildman–Crippen MR) is 68.8 cm³/mol. The molecule has 0 radical (unpaired) electrons. The lowest BCUT2D eigenvalue weighted by Crippen LogP contribution is -2.43. The molecule has 0 unspecified atom stereocenters. The van der Waals surface area contributed by atoms with Gasteiger partial charge >= 0.3 is 0 Å². The number of aliphatic hydroxyl groups excluding tert-OH is 1. The van der Waals surface area contributed by atoms with E-state index in [1.165, 1.54) is 4.31 Å². The topological polar surface area (TPSA) is 57.6 Å². The normalized spacial score (nSPS) is 30.2. The van der Waals surface area contributed by atoms with Crippen molar-refractivity contribution in [3.05, 3.63) is 36.1 Å². The van der Waals surface area contributed by atoms with Gasteiger partial charge in [0.25, 0.3) is 0 Å². The van der Waals surface area contributed by atoms with Gasteiger partial charge in [-0.3, -0.25) is 4.31 Å². The third kappa shape index (κ3) is 2.79. The second kappa shape index (κ2) is 6.02. The van der Waals surface area contributed by atoms with E-state index in [-0.39, 0.29) is 18.6 Å². The standard InChI is InChI=1S/C12H19NO3S/c1-4-6-10-7-11(8-14)9(3)13(17(15)16)12(10)5-2/h4-6,9,11,14,17H,1,7-8H2,2-3H3/b10-6-,12-5+/t9-,11+/m1/s1. The van der Waals surface area contributed by atoms with Gasteiger partial charge in [0.05, 0.1) is 5.70 Å².